The summed E-state index contributed by atoms with van der Waals surface area (Å²) >= 11 is 0. The van der Waals surface area contributed by atoms with Crippen LogP contribution in [0.3, 0.4) is 0 Å². The fourth-order valence-electron chi connectivity index (χ4n) is 2.39. The van der Waals surface area contributed by atoms with E-state index < -0.39 is 23.3 Å². The Morgan fingerprint density at radius 2 is 2.00 bits per heavy atom. The Bertz CT molecular complexity index is 516. The highest BCUT2D eigenvalue weighted by molar-refractivity contribution is 5.94. The molecule has 0 radical (unpaired) electrons. The van der Waals surface area contributed by atoms with Crippen LogP contribution in [0, 0.1) is 17.6 Å². The van der Waals surface area contributed by atoms with Crippen LogP contribution < -0.4 is 5.32 Å². The molecule has 0 aliphatic carbocycles. The molecule has 0 aromatic heterocycles. The average Bonchev–Trinajstić information content (AvgIpc) is 2.85. The standard InChI is InChI=1S/C15H19F2NO3/c1-10(8-15(2)20-5-6-21-15)9-18-14(19)11-3-4-12(16)13(17)7-11/h3-4,7,10H,5-6,8-9H2,1-2H3,(H,18,19). The molecule has 1 heterocycles. The summed E-state index contributed by atoms with van der Waals surface area (Å²) in [6, 6.07) is 3.08. The molecule has 1 aliphatic heterocycles. The molecule has 0 spiro atoms. The van der Waals surface area contributed by atoms with Crippen LogP contribution in [-0.2, 0) is 9.47 Å². The highest BCUT2D eigenvalue weighted by Gasteiger charge is 2.32. The third-order valence-corrected chi connectivity index (χ3v) is 3.41. The molecule has 1 N–H and O–H groups in total. The molecular formula is C15H19F2NO3. The lowest BCUT2D eigenvalue weighted by Crippen LogP contribution is -2.34. The third kappa shape index (κ3) is 4.22. The molecule has 0 saturated carbocycles. The fraction of sp³-hybridized carbons (Fsp3) is 0.533. The molecule has 1 atom stereocenters. The van der Waals surface area contributed by atoms with Gasteiger partial charge in [-0.2, -0.15) is 0 Å². The van der Waals surface area contributed by atoms with Crippen molar-refractivity contribution in [1.29, 1.82) is 0 Å². The predicted octanol–water partition coefficient (Wildman–Crippen LogP) is 2.48. The van der Waals surface area contributed by atoms with E-state index in [4.69, 9.17) is 9.47 Å². The van der Waals surface area contributed by atoms with Crippen molar-refractivity contribution in [3.63, 3.8) is 0 Å². The first-order chi connectivity index (χ1) is 9.89. The minimum atomic E-state index is -1.03. The first kappa shape index (κ1) is 15.9. The molecule has 1 aliphatic rings. The summed E-state index contributed by atoms with van der Waals surface area (Å²) in [5, 5.41) is 2.70. The number of hydrogen-bond donors (Lipinski definition) is 1. The van der Waals surface area contributed by atoms with Crippen LogP contribution >= 0.6 is 0 Å². The number of amides is 1. The number of halogens is 2. The zero-order chi connectivity index (χ0) is 15.5. The van der Waals surface area contributed by atoms with Gasteiger partial charge < -0.3 is 14.8 Å². The van der Waals surface area contributed by atoms with Gasteiger partial charge in [-0.3, -0.25) is 4.79 Å². The monoisotopic (exact) mass is 299 g/mol. The molecule has 1 fully saturated rings. The summed E-state index contributed by atoms with van der Waals surface area (Å²) in [5.74, 6) is -2.91. The van der Waals surface area contributed by atoms with Gasteiger partial charge in [-0.05, 0) is 31.0 Å². The van der Waals surface area contributed by atoms with Gasteiger partial charge in [0.05, 0.1) is 13.2 Å². The average molecular weight is 299 g/mol. The Labute approximate surface area is 122 Å². The molecule has 0 bridgehead atoms. The van der Waals surface area contributed by atoms with E-state index in [0.717, 1.165) is 12.1 Å². The Balaban J connectivity index is 1.84. The van der Waals surface area contributed by atoms with E-state index in [-0.39, 0.29) is 11.5 Å². The van der Waals surface area contributed by atoms with Crippen LogP contribution in [0.5, 0.6) is 0 Å². The van der Waals surface area contributed by atoms with Gasteiger partial charge in [-0.15, -0.1) is 0 Å². The van der Waals surface area contributed by atoms with Crippen LogP contribution in [0.25, 0.3) is 0 Å². The van der Waals surface area contributed by atoms with Crippen molar-refractivity contribution in [2.45, 2.75) is 26.1 Å². The SMILES string of the molecule is CC(CNC(=O)c1ccc(F)c(F)c1)CC1(C)OCCO1. The van der Waals surface area contributed by atoms with Crippen LogP contribution in [-0.4, -0.2) is 31.5 Å². The van der Waals surface area contributed by atoms with Crippen molar-refractivity contribution in [2.75, 3.05) is 19.8 Å². The molecule has 1 saturated heterocycles. The van der Waals surface area contributed by atoms with E-state index >= 15 is 0 Å². The molecule has 1 amide bonds. The molecule has 1 unspecified atom stereocenters. The predicted molar refractivity (Wildman–Crippen MR) is 72.8 cm³/mol. The molecular weight excluding hydrogens is 280 g/mol. The maximum absolute atomic E-state index is 13.1. The smallest absolute Gasteiger partial charge is 0.251 e. The van der Waals surface area contributed by atoms with Crippen LogP contribution in [0.15, 0.2) is 18.2 Å². The number of carbonyl (C=O) groups excluding carboxylic acids is 1. The van der Waals surface area contributed by atoms with Gasteiger partial charge in [-0.1, -0.05) is 6.92 Å². The zero-order valence-electron chi connectivity index (χ0n) is 12.1. The minimum absolute atomic E-state index is 0.0979. The first-order valence-electron chi connectivity index (χ1n) is 6.91. The fourth-order valence-corrected chi connectivity index (χ4v) is 2.39. The van der Waals surface area contributed by atoms with Gasteiger partial charge in [0.1, 0.15) is 0 Å². The first-order valence-corrected chi connectivity index (χ1v) is 6.91. The van der Waals surface area contributed by atoms with Crippen molar-refractivity contribution < 1.29 is 23.0 Å². The minimum Gasteiger partial charge on any atom is -0.352 e. The second-order valence-electron chi connectivity index (χ2n) is 5.48. The maximum Gasteiger partial charge on any atom is 0.251 e. The van der Waals surface area contributed by atoms with Crippen molar-refractivity contribution in [3.05, 3.63) is 35.4 Å². The Hall–Kier alpha value is -1.53. The largest absolute Gasteiger partial charge is 0.352 e. The lowest BCUT2D eigenvalue weighted by molar-refractivity contribution is -0.153. The molecule has 116 valence electrons. The maximum atomic E-state index is 13.1. The second kappa shape index (κ2) is 6.49. The number of ether oxygens (including phenoxy) is 2. The Morgan fingerprint density at radius 1 is 1.33 bits per heavy atom. The second-order valence-corrected chi connectivity index (χ2v) is 5.48. The molecule has 4 nitrogen and oxygen atoms in total. The van der Waals surface area contributed by atoms with Crippen molar-refractivity contribution in [1.82, 2.24) is 5.32 Å². The normalized spacial score (nSPS) is 18.5. The van der Waals surface area contributed by atoms with Crippen molar-refractivity contribution in [2.24, 2.45) is 5.92 Å². The Morgan fingerprint density at radius 3 is 2.62 bits per heavy atom. The van der Waals surface area contributed by atoms with Crippen molar-refractivity contribution >= 4 is 5.91 Å². The summed E-state index contributed by atoms with van der Waals surface area (Å²) in [7, 11) is 0. The van der Waals surface area contributed by atoms with Gasteiger partial charge in [0.15, 0.2) is 17.4 Å². The number of nitrogens with one attached hydrogen (secondary N) is 1. The summed E-state index contributed by atoms with van der Waals surface area (Å²) in [6.07, 6.45) is 0.644. The summed E-state index contributed by atoms with van der Waals surface area (Å²) in [5.41, 5.74) is 0.0979. The number of carbonyl (C=O) groups is 1. The van der Waals surface area contributed by atoms with E-state index in [1.165, 1.54) is 6.07 Å². The highest BCUT2D eigenvalue weighted by Crippen LogP contribution is 2.26. The van der Waals surface area contributed by atoms with Crippen LogP contribution in [0.4, 0.5) is 8.78 Å². The molecule has 21 heavy (non-hydrogen) atoms. The van der Waals surface area contributed by atoms with Gasteiger partial charge in [0, 0.05) is 18.5 Å². The summed E-state index contributed by atoms with van der Waals surface area (Å²) in [6.45, 7) is 5.38. The molecule has 6 heteroatoms. The van der Waals surface area contributed by atoms with E-state index in [2.05, 4.69) is 5.32 Å². The van der Waals surface area contributed by atoms with E-state index in [9.17, 15) is 13.6 Å². The van der Waals surface area contributed by atoms with Gasteiger partial charge in [0.25, 0.3) is 5.91 Å². The lowest BCUT2D eigenvalue weighted by Gasteiger charge is -2.26. The van der Waals surface area contributed by atoms with Crippen molar-refractivity contribution in [3.8, 4) is 0 Å². The molecule has 1 aromatic carbocycles. The quantitative estimate of drug-likeness (QED) is 0.908. The van der Waals surface area contributed by atoms with Gasteiger partial charge in [0.2, 0.25) is 0 Å². The number of rotatable bonds is 5. The third-order valence-electron chi connectivity index (χ3n) is 3.41. The van der Waals surface area contributed by atoms with Crippen LogP contribution in [0.2, 0.25) is 0 Å². The van der Waals surface area contributed by atoms with E-state index in [1.807, 2.05) is 13.8 Å². The number of benzene rings is 1. The molecule has 1 aromatic rings. The lowest BCUT2D eigenvalue weighted by atomic mass is 10.0. The zero-order valence-corrected chi connectivity index (χ0v) is 12.1. The van der Waals surface area contributed by atoms with E-state index in [1.54, 1.807) is 0 Å². The number of hydrogen-bond acceptors (Lipinski definition) is 3. The molecule has 2 rings (SSSR count). The van der Waals surface area contributed by atoms with E-state index in [0.29, 0.717) is 26.2 Å². The Kier molecular flexibility index (Phi) is 4.90. The van der Waals surface area contributed by atoms with Gasteiger partial charge in [-0.25, -0.2) is 8.78 Å². The highest BCUT2D eigenvalue weighted by atomic mass is 19.2. The van der Waals surface area contributed by atoms with Crippen LogP contribution in [0.1, 0.15) is 30.6 Å². The summed E-state index contributed by atoms with van der Waals surface area (Å²) < 4.78 is 36.9. The summed E-state index contributed by atoms with van der Waals surface area (Å²) in [4.78, 5) is 11.9. The van der Waals surface area contributed by atoms with Gasteiger partial charge >= 0.3 is 0 Å². The topological polar surface area (TPSA) is 47.6 Å².